The van der Waals surface area contributed by atoms with E-state index in [-0.39, 0.29) is 17.1 Å². The van der Waals surface area contributed by atoms with Crippen molar-refractivity contribution in [2.45, 2.75) is 24.6 Å². The number of amides is 1. The van der Waals surface area contributed by atoms with Gasteiger partial charge in [0.05, 0.1) is 22.5 Å². The van der Waals surface area contributed by atoms with E-state index in [2.05, 4.69) is 47.1 Å². The Labute approximate surface area is 149 Å². The zero-order chi connectivity index (χ0) is 16.3. The number of esters is 1. The van der Waals surface area contributed by atoms with Gasteiger partial charge in [0, 0.05) is 28.7 Å². The molecule has 0 spiro atoms. The molecule has 1 aromatic rings. The fourth-order valence-electron chi connectivity index (χ4n) is 2.07. The quantitative estimate of drug-likeness (QED) is 0.669. The molecule has 0 fully saturated rings. The highest BCUT2D eigenvalue weighted by Crippen LogP contribution is 2.47. The number of halogens is 2. The molecule has 6 nitrogen and oxygen atoms in total. The molecule has 2 rings (SSSR count). The Morgan fingerprint density at radius 1 is 1.55 bits per heavy atom. The molecule has 2 N–H and O–H groups in total. The van der Waals surface area contributed by atoms with Gasteiger partial charge in [-0.25, -0.2) is 9.78 Å². The van der Waals surface area contributed by atoms with Gasteiger partial charge in [0.2, 0.25) is 5.91 Å². The highest BCUT2D eigenvalue weighted by Gasteiger charge is 2.37. The third-order valence-corrected chi connectivity index (χ3v) is 7.52. The first-order valence-corrected chi connectivity index (χ1v) is 8.97. The fraction of sp³-hybridized carbons (Fsp3) is 0.462. The first-order valence-electron chi connectivity index (χ1n) is 6.51. The molecule has 3 unspecified atom stereocenters. The molecule has 1 aliphatic heterocycles. The zero-order valence-corrected chi connectivity index (χ0v) is 15.9. The summed E-state index contributed by atoms with van der Waals surface area (Å²) in [5.41, 5.74) is 0.753. The minimum atomic E-state index is -0.746. The van der Waals surface area contributed by atoms with Crippen LogP contribution in [0.3, 0.4) is 0 Å². The number of ether oxygens (including phenoxy) is 1. The molecule has 0 saturated heterocycles. The zero-order valence-electron chi connectivity index (χ0n) is 11.9. The van der Waals surface area contributed by atoms with Crippen LogP contribution in [0.25, 0.3) is 0 Å². The molecule has 22 heavy (non-hydrogen) atoms. The topological polar surface area (TPSA) is 84.1 Å². The SMILES string of the molecule is COC(=O)C(Cc1cnc[nH]1)NC(=O)C1SC(Br)=C(Br)C1C. The number of thioether (sulfide) groups is 1. The van der Waals surface area contributed by atoms with Crippen molar-refractivity contribution in [3.05, 3.63) is 26.5 Å². The van der Waals surface area contributed by atoms with Crippen molar-refractivity contribution in [2.24, 2.45) is 5.92 Å². The monoisotopic (exact) mass is 451 g/mol. The molecule has 1 amide bonds. The Hall–Kier alpha value is -0.800. The summed E-state index contributed by atoms with van der Waals surface area (Å²) in [5, 5.41) is 2.48. The number of nitrogens with zero attached hydrogens (tertiary/aromatic N) is 1. The molecule has 2 heterocycles. The number of aromatic amines is 1. The lowest BCUT2D eigenvalue weighted by molar-refractivity contribution is -0.145. The molecule has 0 saturated carbocycles. The normalized spacial score (nSPS) is 22.5. The van der Waals surface area contributed by atoms with Crippen molar-refractivity contribution in [1.29, 1.82) is 0 Å². The highest BCUT2D eigenvalue weighted by molar-refractivity contribution is 9.15. The van der Waals surface area contributed by atoms with Crippen LogP contribution in [0.1, 0.15) is 12.6 Å². The minimum absolute atomic E-state index is 0.0322. The second-order valence-corrected chi connectivity index (χ2v) is 8.14. The summed E-state index contributed by atoms with van der Waals surface area (Å²) in [7, 11) is 1.30. The average molecular weight is 453 g/mol. The molecule has 1 aromatic heterocycles. The predicted molar refractivity (Wildman–Crippen MR) is 91.7 cm³/mol. The van der Waals surface area contributed by atoms with Crippen molar-refractivity contribution in [2.75, 3.05) is 7.11 Å². The number of aromatic nitrogens is 2. The second kappa shape index (κ2) is 7.65. The Morgan fingerprint density at radius 2 is 2.27 bits per heavy atom. The van der Waals surface area contributed by atoms with Gasteiger partial charge in [0.25, 0.3) is 0 Å². The first kappa shape index (κ1) is 17.6. The maximum absolute atomic E-state index is 12.5. The van der Waals surface area contributed by atoms with Crippen LogP contribution in [0.15, 0.2) is 20.8 Å². The molecule has 1 aliphatic rings. The average Bonchev–Trinajstić information content (AvgIpc) is 3.10. The summed E-state index contributed by atoms with van der Waals surface area (Å²) < 4.78 is 6.64. The van der Waals surface area contributed by atoms with E-state index in [0.29, 0.717) is 6.42 Å². The summed E-state index contributed by atoms with van der Waals surface area (Å²) in [6.07, 6.45) is 3.45. The van der Waals surface area contributed by atoms with Crippen LogP contribution in [0.4, 0.5) is 0 Å². The second-order valence-electron chi connectivity index (χ2n) is 4.81. The lowest BCUT2D eigenvalue weighted by Crippen LogP contribution is -2.47. The number of hydrogen-bond acceptors (Lipinski definition) is 5. The van der Waals surface area contributed by atoms with Crippen molar-refractivity contribution in [1.82, 2.24) is 15.3 Å². The molecule has 0 aromatic carbocycles. The van der Waals surface area contributed by atoms with Gasteiger partial charge >= 0.3 is 5.97 Å². The summed E-state index contributed by atoms with van der Waals surface area (Å²) in [6.45, 7) is 1.96. The van der Waals surface area contributed by atoms with E-state index in [0.717, 1.165) is 14.0 Å². The number of allylic oxidation sites excluding steroid dienone is 1. The van der Waals surface area contributed by atoms with E-state index in [4.69, 9.17) is 4.74 Å². The van der Waals surface area contributed by atoms with Gasteiger partial charge in [0.15, 0.2) is 0 Å². The Bertz CT molecular complexity index is 591. The summed E-state index contributed by atoms with van der Waals surface area (Å²) in [6, 6.07) is -0.746. The van der Waals surface area contributed by atoms with Crippen LogP contribution < -0.4 is 5.32 Å². The fourth-order valence-corrected chi connectivity index (χ4v) is 4.79. The van der Waals surface area contributed by atoms with E-state index in [1.807, 2.05) is 6.92 Å². The smallest absolute Gasteiger partial charge is 0.328 e. The Kier molecular flexibility index (Phi) is 6.10. The number of carbonyl (C=O) groups excluding carboxylic acids is 2. The number of rotatable bonds is 5. The van der Waals surface area contributed by atoms with Crippen LogP contribution in [0.2, 0.25) is 0 Å². The molecule has 0 bridgehead atoms. The van der Waals surface area contributed by atoms with Crippen LogP contribution >= 0.6 is 43.6 Å². The van der Waals surface area contributed by atoms with Gasteiger partial charge in [0.1, 0.15) is 6.04 Å². The predicted octanol–water partition coefficient (Wildman–Crippen LogP) is 2.32. The van der Waals surface area contributed by atoms with Gasteiger partial charge in [-0.05, 0) is 15.9 Å². The van der Waals surface area contributed by atoms with Gasteiger partial charge < -0.3 is 15.0 Å². The van der Waals surface area contributed by atoms with Crippen LogP contribution in [-0.4, -0.2) is 40.2 Å². The van der Waals surface area contributed by atoms with Gasteiger partial charge in [-0.3, -0.25) is 4.79 Å². The third kappa shape index (κ3) is 3.94. The number of H-pyrrole nitrogens is 1. The van der Waals surface area contributed by atoms with E-state index in [1.165, 1.54) is 25.2 Å². The van der Waals surface area contributed by atoms with Crippen LogP contribution in [-0.2, 0) is 20.7 Å². The standard InChI is InChI=1S/C13H15Br2N3O3S/c1-6-9(14)11(15)22-10(6)12(19)18-8(13(20)21-2)3-7-4-16-5-17-7/h4-6,8,10H,3H2,1-2H3,(H,16,17)(H,18,19). The number of methoxy groups -OCH3 is 1. The summed E-state index contributed by atoms with van der Waals surface area (Å²) >= 11 is 8.31. The Morgan fingerprint density at radius 3 is 2.77 bits per heavy atom. The number of imidazole rings is 1. The summed E-state index contributed by atoms with van der Waals surface area (Å²) in [4.78, 5) is 31.2. The molecule has 0 aliphatic carbocycles. The van der Waals surface area contributed by atoms with E-state index >= 15 is 0 Å². The number of hydrogen-bond donors (Lipinski definition) is 2. The molecular formula is C13H15Br2N3O3S. The van der Waals surface area contributed by atoms with Crippen molar-refractivity contribution >= 4 is 55.5 Å². The van der Waals surface area contributed by atoms with Gasteiger partial charge in [-0.15, -0.1) is 11.8 Å². The third-order valence-electron chi connectivity index (χ3n) is 3.31. The van der Waals surface area contributed by atoms with Gasteiger partial charge in [-0.1, -0.05) is 22.9 Å². The van der Waals surface area contributed by atoms with E-state index < -0.39 is 12.0 Å². The molecule has 120 valence electrons. The lowest BCUT2D eigenvalue weighted by atomic mass is 10.1. The highest BCUT2D eigenvalue weighted by atomic mass is 79.9. The van der Waals surface area contributed by atoms with E-state index in [9.17, 15) is 9.59 Å². The largest absolute Gasteiger partial charge is 0.467 e. The van der Waals surface area contributed by atoms with Crippen molar-refractivity contribution in [3.8, 4) is 0 Å². The lowest BCUT2D eigenvalue weighted by Gasteiger charge is -2.20. The summed E-state index contributed by atoms with van der Waals surface area (Å²) in [5.74, 6) is -0.645. The van der Waals surface area contributed by atoms with E-state index in [1.54, 1.807) is 6.20 Å². The van der Waals surface area contributed by atoms with Gasteiger partial charge in [-0.2, -0.15) is 0 Å². The maximum Gasteiger partial charge on any atom is 0.328 e. The van der Waals surface area contributed by atoms with Crippen molar-refractivity contribution < 1.29 is 14.3 Å². The first-order chi connectivity index (χ1) is 10.4. The van der Waals surface area contributed by atoms with Crippen molar-refractivity contribution in [3.63, 3.8) is 0 Å². The molecule has 9 heteroatoms. The van der Waals surface area contributed by atoms with Crippen LogP contribution in [0.5, 0.6) is 0 Å². The number of carbonyl (C=O) groups is 2. The minimum Gasteiger partial charge on any atom is -0.467 e. The molecule has 0 radical (unpaired) electrons. The molecular weight excluding hydrogens is 438 g/mol. The Balaban J connectivity index is 2.04. The van der Waals surface area contributed by atoms with Crippen LogP contribution in [0, 0.1) is 5.92 Å². The maximum atomic E-state index is 12.5. The number of nitrogens with one attached hydrogen (secondary N) is 2. The molecule has 3 atom stereocenters.